The Balaban J connectivity index is 1.72. The second-order valence-corrected chi connectivity index (χ2v) is 5.32. The van der Waals surface area contributed by atoms with Gasteiger partial charge in [-0.25, -0.2) is 4.98 Å². The van der Waals surface area contributed by atoms with Crippen molar-refractivity contribution in [2.24, 2.45) is 0 Å². The summed E-state index contributed by atoms with van der Waals surface area (Å²) >= 11 is 0. The maximum Gasteiger partial charge on any atom is 0.256 e. The van der Waals surface area contributed by atoms with Gasteiger partial charge >= 0.3 is 0 Å². The molecule has 0 N–H and O–H groups in total. The number of hydrogen-bond donors (Lipinski definition) is 0. The first-order valence-electron chi connectivity index (χ1n) is 6.98. The molecule has 2 aromatic rings. The van der Waals surface area contributed by atoms with Crippen molar-refractivity contribution in [3.8, 4) is 5.88 Å². The van der Waals surface area contributed by atoms with Crippen LogP contribution in [0.25, 0.3) is 0 Å². The van der Waals surface area contributed by atoms with Crippen molar-refractivity contribution in [2.75, 3.05) is 0 Å². The number of ether oxygens (including phenoxy) is 1. The number of rotatable bonds is 3. The molecule has 0 unspecified atom stereocenters. The van der Waals surface area contributed by atoms with E-state index in [1.807, 2.05) is 26.0 Å². The van der Waals surface area contributed by atoms with Gasteiger partial charge in [0.2, 0.25) is 5.88 Å². The van der Waals surface area contributed by atoms with E-state index in [4.69, 9.17) is 4.74 Å². The smallest absolute Gasteiger partial charge is 0.256 e. The largest absolute Gasteiger partial charge is 0.475 e. The molecule has 0 saturated heterocycles. The van der Waals surface area contributed by atoms with Gasteiger partial charge in [-0.2, -0.15) is 0 Å². The van der Waals surface area contributed by atoms with Gasteiger partial charge in [-0.1, -0.05) is 6.07 Å². The van der Waals surface area contributed by atoms with Crippen LogP contribution < -0.4 is 4.74 Å². The number of hydrogen-bond acceptors (Lipinski definition) is 4. The number of amides is 1. The summed E-state index contributed by atoms with van der Waals surface area (Å²) < 4.78 is 5.48. The molecule has 0 bridgehead atoms. The second kappa shape index (κ2) is 5.52. The van der Waals surface area contributed by atoms with Crippen LogP contribution in [-0.2, 0) is 13.1 Å². The lowest BCUT2D eigenvalue weighted by Gasteiger charge is -2.15. The van der Waals surface area contributed by atoms with E-state index in [0.717, 1.165) is 11.3 Å². The summed E-state index contributed by atoms with van der Waals surface area (Å²) in [5, 5.41) is 0. The molecule has 3 heterocycles. The van der Waals surface area contributed by atoms with E-state index in [2.05, 4.69) is 9.97 Å². The van der Waals surface area contributed by atoms with Crippen LogP contribution in [0, 0.1) is 0 Å². The standard InChI is InChI=1S/C16H17N3O2/c1-11(2)21-15-6-5-12(8-18-15)16(20)19-9-13-4-3-7-17-14(13)10-19/h3-8,11H,9-10H2,1-2H3. The van der Waals surface area contributed by atoms with Gasteiger partial charge < -0.3 is 9.64 Å². The number of nitrogens with zero attached hydrogens (tertiary/aromatic N) is 3. The summed E-state index contributed by atoms with van der Waals surface area (Å²) in [6.07, 6.45) is 3.39. The Hall–Kier alpha value is -2.43. The first kappa shape index (κ1) is 13.5. The first-order chi connectivity index (χ1) is 10.1. The molecule has 0 spiro atoms. The zero-order valence-corrected chi connectivity index (χ0v) is 12.1. The quantitative estimate of drug-likeness (QED) is 0.868. The molecule has 21 heavy (non-hydrogen) atoms. The number of aromatic nitrogens is 2. The molecule has 1 aliphatic heterocycles. The van der Waals surface area contributed by atoms with Gasteiger partial charge in [0, 0.05) is 25.0 Å². The highest BCUT2D eigenvalue weighted by atomic mass is 16.5. The van der Waals surface area contributed by atoms with E-state index in [-0.39, 0.29) is 12.0 Å². The lowest BCUT2D eigenvalue weighted by Crippen LogP contribution is -2.25. The minimum absolute atomic E-state index is 0.0309. The molecular formula is C16H17N3O2. The fourth-order valence-electron chi connectivity index (χ4n) is 2.34. The fourth-order valence-corrected chi connectivity index (χ4v) is 2.34. The molecule has 0 radical (unpaired) electrons. The zero-order chi connectivity index (χ0) is 14.8. The third-order valence-corrected chi connectivity index (χ3v) is 3.31. The van der Waals surface area contributed by atoms with E-state index < -0.39 is 0 Å². The molecule has 0 aromatic carbocycles. The summed E-state index contributed by atoms with van der Waals surface area (Å²) in [5.74, 6) is 0.504. The summed E-state index contributed by atoms with van der Waals surface area (Å²) in [4.78, 5) is 22.7. The minimum atomic E-state index is -0.0309. The Morgan fingerprint density at radius 1 is 1.24 bits per heavy atom. The van der Waals surface area contributed by atoms with Gasteiger partial charge in [0.05, 0.1) is 23.9 Å². The summed E-state index contributed by atoms with van der Waals surface area (Å²) in [6.45, 7) is 5.04. The molecule has 0 saturated carbocycles. The SMILES string of the molecule is CC(C)Oc1ccc(C(=O)N2Cc3cccnc3C2)cn1. The van der Waals surface area contributed by atoms with E-state index in [9.17, 15) is 4.79 Å². The van der Waals surface area contributed by atoms with Crippen LogP contribution in [-0.4, -0.2) is 26.9 Å². The monoisotopic (exact) mass is 283 g/mol. The lowest BCUT2D eigenvalue weighted by molar-refractivity contribution is 0.0750. The number of carbonyl (C=O) groups excluding carboxylic acids is 1. The molecule has 0 atom stereocenters. The Kier molecular flexibility index (Phi) is 3.56. The van der Waals surface area contributed by atoms with E-state index >= 15 is 0 Å². The lowest BCUT2D eigenvalue weighted by atomic mass is 10.2. The first-order valence-corrected chi connectivity index (χ1v) is 6.98. The normalized spacial score (nSPS) is 13.4. The van der Waals surface area contributed by atoms with Crippen LogP contribution >= 0.6 is 0 Å². The third-order valence-electron chi connectivity index (χ3n) is 3.31. The molecule has 108 valence electrons. The van der Waals surface area contributed by atoms with Crippen molar-refractivity contribution >= 4 is 5.91 Å². The zero-order valence-electron chi connectivity index (χ0n) is 12.1. The van der Waals surface area contributed by atoms with Gasteiger partial charge in [-0.15, -0.1) is 0 Å². The predicted molar refractivity (Wildman–Crippen MR) is 77.8 cm³/mol. The highest BCUT2D eigenvalue weighted by Gasteiger charge is 2.25. The average molecular weight is 283 g/mol. The Bertz CT molecular complexity index is 628. The van der Waals surface area contributed by atoms with Crippen molar-refractivity contribution < 1.29 is 9.53 Å². The molecule has 0 aliphatic carbocycles. The van der Waals surface area contributed by atoms with Crippen molar-refractivity contribution in [1.29, 1.82) is 0 Å². The van der Waals surface area contributed by atoms with E-state index in [1.165, 1.54) is 0 Å². The molecule has 0 fully saturated rings. The summed E-state index contributed by atoms with van der Waals surface area (Å²) in [7, 11) is 0. The van der Waals surface area contributed by atoms with Gasteiger partial charge in [0.1, 0.15) is 0 Å². The Morgan fingerprint density at radius 2 is 2.10 bits per heavy atom. The van der Waals surface area contributed by atoms with E-state index in [0.29, 0.717) is 24.5 Å². The summed E-state index contributed by atoms with van der Waals surface area (Å²) in [5.41, 5.74) is 2.65. The number of fused-ring (bicyclic) bond motifs is 1. The average Bonchev–Trinajstić information content (AvgIpc) is 2.90. The maximum absolute atomic E-state index is 12.5. The van der Waals surface area contributed by atoms with Crippen LogP contribution in [0.15, 0.2) is 36.7 Å². The third kappa shape index (κ3) is 2.86. The molecule has 1 amide bonds. The van der Waals surface area contributed by atoms with Crippen LogP contribution in [0.1, 0.15) is 35.5 Å². The van der Waals surface area contributed by atoms with Crippen molar-refractivity contribution in [3.05, 3.63) is 53.5 Å². The van der Waals surface area contributed by atoms with Gasteiger partial charge in [-0.3, -0.25) is 9.78 Å². The number of pyridine rings is 2. The maximum atomic E-state index is 12.5. The highest BCUT2D eigenvalue weighted by molar-refractivity contribution is 5.94. The fraction of sp³-hybridized carbons (Fsp3) is 0.312. The highest BCUT2D eigenvalue weighted by Crippen LogP contribution is 2.22. The second-order valence-electron chi connectivity index (χ2n) is 5.32. The molecule has 5 heteroatoms. The van der Waals surface area contributed by atoms with Gasteiger partial charge in [0.25, 0.3) is 5.91 Å². The molecule has 2 aromatic heterocycles. The van der Waals surface area contributed by atoms with E-state index in [1.54, 1.807) is 29.4 Å². The van der Waals surface area contributed by atoms with Crippen molar-refractivity contribution in [2.45, 2.75) is 33.0 Å². The van der Waals surface area contributed by atoms with Crippen LogP contribution in [0.4, 0.5) is 0 Å². The molecule has 5 nitrogen and oxygen atoms in total. The van der Waals surface area contributed by atoms with Crippen LogP contribution in [0.3, 0.4) is 0 Å². The molecule has 3 rings (SSSR count). The van der Waals surface area contributed by atoms with Gasteiger partial charge in [0.15, 0.2) is 0 Å². The Labute approximate surface area is 123 Å². The van der Waals surface area contributed by atoms with Crippen LogP contribution in [0.5, 0.6) is 5.88 Å². The van der Waals surface area contributed by atoms with Crippen molar-refractivity contribution in [3.63, 3.8) is 0 Å². The topological polar surface area (TPSA) is 55.3 Å². The van der Waals surface area contributed by atoms with Crippen molar-refractivity contribution in [1.82, 2.24) is 14.9 Å². The minimum Gasteiger partial charge on any atom is -0.475 e. The van der Waals surface area contributed by atoms with Crippen LogP contribution in [0.2, 0.25) is 0 Å². The number of carbonyl (C=O) groups is 1. The molecular weight excluding hydrogens is 266 g/mol. The predicted octanol–water partition coefficient (Wildman–Crippen LogP) is 2.42. The van der Waals surface area contributed by atoms with Gasteiger partial charge in [-0.05, 0) is 31.5 Å². The summed E-state index contributed by atoms with van der Waals surface area (Å²) in [6, 6.07) is 7.39. The Morgan fingerprint density at radius 3 is 2.76 bits per heavy atom. The molecule has 1 aliphatic rings.